The molecule has 0 spiro atoms. The van der Waals surface area contributed by atoms with E-state index in [1.54, 1.807) is 0 Å². The van der Waals surface area contributed by atoms with E-state index in [9.17, 15) is 4.79 Å². The molecular formula is C21H31N5O. The van der Waals surface area contributed by atoms with Gasteiger partial charge in [-0.3, -0.25) is 14.7 Å². The van der Waals surface area contributed by atoms with Crippen LogP contribution in [0, 0.1) is 5.92 Å². The van der Waals surface area contributed by atoms with Crippen molar-refractivity contribution in [3.8, 4) is 0 Å². The predicted octanol–water partition coefficient (Wildman–Crippen LogP) is 1.57. The van der Waals surface area contributed by atoms with Gasteiger partial charge in [0.15, 0.2) is 5.96 Å². The normalized spacial score (nSPS) is 21.1. The number of para-hydroxylation sites is 1. The molecule has 0 radical (unpaired) electrons. The third kappa shape index (κ3) is 3.95. The summed E-state index contributed by atoms with van der Waals surface area (Å²) in [5.74, 6) is 1.68. The summed E-state index contributed by atoms with van der Waals surface area (Å²) in [6, 6.07) is 8.57. The maximum Gasteiger partial charge on any atom is 0.225 e. The zero-order valence-corrected chi connectivity index (χ0v) is 16.4. The number of anilines is 1. The van der Waals surface area contributed by atoms with Crippen LogP contribution in [0.5, 0.6) is 0 Å². The summed E-state index contributed by atoms with van der Waals surface area (Å²) < 4.78 is 0. The highest BCUT2D eigenvalue weighted by atomic mass is 16.2. The minimum Gasteiger partial charge on any atom is -0.355 e. The lowest BCUT2D eigenvalue weighted by Crippen LogP contribution is -2.52. The molecule has 1 N–H and O–H groups in total. The standard InChI is InChI=1S/C21H31N5O/c1-22-21(26-11-9-17-5-2-3-8-19(17)26)23-10-12-24-13-15-25(16-14-24)20(27)18-6-4-7-18/h2-3,5,8,18H,4,6-7,9-16H2,1H3,(H,22,23). The second-order valence-corrected chi connectivity index (χ2v) is 7.80. The van der Waals surface area contributed by atoms with Gasteiger partial charge in [0, 0.05) is 64.5 Å². The van der Waals surface area contributed by atoms with Crippen LogP contribution >= 0.6 is 0 Å². The van der Waals surface area contributed by atoms with Crippen molar-refractivity contribution < 1.29 is 4.79 Å². The van der Waals surface area contributed by atoms with Gasteiger partial charge >= 0.3 is 0 Å². The van der Waals surface area contributed by atoms with Gasteiger partial charge in [0.05, 0.1) is 0 Å². The van der Waals surface area contributed by atoms with E-state index in [0.29, 0.717) is 11.8 Å². The first-order chi connectivity index (χ1) is 13.3. The first-order valence-electron chi connectivity index (χ1n) is 10.3. The second-order valence-electron chi connectivity index (χ2n) is 7.80. The molecule has 27 heavy (non-hydrogen) atoms. The number of carbonyl (C=O) groups is 1. The minimum absolute atomic E-state index is 0.324. The Hall–Kier alpha value is -2.08. The Balaban J connectivity index is 1.21. The van der Waals surface area contributed by atoms with Crippen LogP contribution in [-0.4, -0.2) is 74.5 Å². The monoisotopic (exact) mass is 369 g/mol. The number of rotatable bonds is 4. The van der Waals surface area contributed by atoms with Gasteiger partial charge in [-0.05, 0) is 30.9 Å². The Bertz CT molecular complexity index is 692. The third-order valence-corrected chi connectivity index (χ3v) is 6.20. The van der Waals surface area contributed by atoms with E-state index < -0.39 is 0 Å². The Morgan fingerprint density at radius 3 is 2.63 bits per heavy atom. The number of benzene rings is 1. The molecule has 2 fully saturated rings. The van der Waals surface area contributed by atoms with E-state index in [1.165, 1.54) is 17.7 Å². The summed E-state index contributed by atoms with van der Waals surface area (Å²) in [4.78, 5) is 23.6. The average molecular weight is 370 g/mol. The molecule has 3 aliphatic rings. The molecule has 1 saturated heterocycles. The van der Waals surface area contributed by atoms with Crippen LogP contribution in [0.2, 0.25) is 0 Å². The first-order valence-corrected chi connectivity index (χ1v) is 10.3. The van der Waals surface area contributed by atoms with Crippen molar-refractivity contribution >= 4 is 17.6 Å². The summed E-state index contributed by atoms with van der Waals surface area (Å²) in [5, 5.41) is 3.52. The van der Waals surface area contributed by atoms with Crippen LogP contribution in [0.1, 0.15) is 24.8 Å². The number of guanidine groups is 1. The number of aliphatic imine (C=N–C) groups is 1. The van der Waals surface area contributed by atoms with Crippen molar-refractivity contribution in [2.45, 2.75) is 25.7 Å². The molecule has 6 nitrogen and oxygen atoms in total. The number of amides is 1. The fraction of sp³-hybridized carbons (Fsp3) is 0.619. The molecule has 1 aromatic carbocycles. The lowest BCUT2D eigenvalue weighted by atomic mass is 9.84. The number of hydrogen-bond donors (Lipinski definition) is 1. The molecule has 2 aliphatic heterocycles. The van der Waals surface area contributed by atoms with Crippen molar-refractivity contribution in [1.82, 2.24) is 15.1 Å². The van der Waals surface area contributed by atoms with E-state index in [2.05, 4.69) is 49.3 Å². The molecular weight excluding hydrogens is 338 g/mol. The summed E-state index contributed by atoms with van der Waals surface area (Å²) in [6.07, 6.45) is 4.50. The largest absolute Gasteiger partial charge is 0.355 e. The number of piperazine rings is 1. The van der Waals surface area contributed by atoms with Crippen molar-refractivity contribution in [2.75, 3.05) is 57.8 Å². The molecule has 1 aromatic rings. The molecule has 1 amide bonds. The second kappa shape index (κ2) is 8.30. The van der Waals surface area contributed by atoms with Gasteiger partial charge in [0.2, 0.25) is 5.91 Å². The van der Waals surface area contributed by atoms with Gasteiger partial charge in [-0.2, -0.15) is 0 Å². The first kappa shape index (κ1) is 18.3. The molecule has 0 aromatic heterocycles. The van der Waals surface area contributed by atoms with E-state index in [-0.39, 0.29) is 0 Å². The topological polar surface area (TPSA) is 51.2 Å². The summed E-state index contributed by atoms with van der Waals surface area (Å²) in [7, 11) is 1.86. The summed E-state index contributed by atoms with van der Waals surface area (Å²) in [6.45, 7) is 6.56. The molecule has 4 rings (SSSR count). The van der Waals surface area contributed by atoms with Crippen molar-refractivity contribution in [3.05, 3.63) is 29.8 Å². The van der Waals surface area contributed by atoms with E-state index in [1.807, 2.05) is 7.05 Å². The van der Waals surface area contributed by atoms with Crippen molar-refractivity contribution in [3.63, 3.8) is 0 Å². The van der Waals surface area contributed by atoms with Gasteiger partial charge in [-0.1, -0.05) is 24.6 Å². The van der Waals surface area contributed by atoms with Gasteiger partial charge in [0.1, 0.15) is 0 Å². The predicted molar refractivity (Wildman–Crippen MR) is 109 cm³/mol. The van der Waals surface area contributed by atoms with E-state index >= 15 is 0 Å². The van der Waals surface area contributed by atoms with Crippen LogP contribution < -0.4 is 10.2 Å². The van der Waals surface area contributed by atoms with Gasteiger partial charge < -0.3 is 15.1 Å². The summed E-state index contributed by atoms with van der Waals surface area (Å²) in [5.41, 5.74) is 2.67. The zero-order chi connectivity index (χ0) is 18.6. The Morgan fingerprint density at radius 1 is 1.15 bits per heavy atom. The maximum atomic E-state index is 12.4. The highest BCUT2D eigenvalue weighted by molar-refractivity contribution is 5.97. The molecule has 6 heteroatoms. The Kier molecular flexibility index (Phi) is 5.62. The van der Waals surface area contributed by atoms with Gasteiger partial charge in [-0.25, -0.2) is 0 Å². The number of nitrogens with one attached hydrogen (secondary N) is 1. The quantitative estimate of drug-likeness (QED) is 0.647. The van der Waals surface area contributed by atoms with Gasteiger partial charge in [0.25, 0.3) is 0 Å². The fourth-order valence-electron chi connectivity index (χ4n) is 4.28. The lowest BCUT2D eigenvalue weighted by molar-refractivity contribution is -0.139. The molecule has 0 bridgehead atoms. The van der Waals surface area contributed by atoms with Crippen LogP contribution in [-0.2, 0) is 11.2 Å². The highest BCUT2D eigenvalue weighted by Gasteiger charge is 2.31. The number of carbonyl (C=O) groups excluding carboxylic acids is 1. The smallest absolute Gasteiger partial charge is 0.225 e. The lowest BCUT2D eigenvalue weighted by Gasteiger charge is -2.38. The molecule has 2 heterocycles. The zero-order valence-electron chi connectivity index (χ0n) is 16.4. The van der Waals surface area contributed by atoms with Crippen LogP contribution in [0.3, 0.4) is 0 Å². The van der Waals surface area contributed by atoms with Crippen molar-refractivity contribution in [2.24, 2.45) is 10.9 Å². The van der Waals surface area contributed by atoms with E-state index in [4.69, 9.17) is 0 Å². The Morgan fingerprint density at radius 2 is 1.93 bits per heavy atom. The number of nitrogens with zero attached hydrogens (tertiary/aromatic N) is 4. The average Bonchev–Trinajstić information content (AvgIpc) is 3.08. The van der Waals surface area contributed by atoms with Crippen LogP contribution in [0.15, 0.2) is 29.3 Å². The van der Waals surface area contributed by atoms with Crippen LogP contribution in [0.4, 0.5) is 5.69 Å². The molecule has 1 aliphatic carbocycles. The maximum absolute atomic E-state index is 12.4. The highest BCUT2D eigenvalue weighted by Crippen LogP contribution is 2.29. The molecule has 0 atom stereocenters. The van der Waals surface area contributed by atoms with E-state index in [0.717, 1.165) is 71.0 Å². The molecule has 146 valence electrons. The third-order valence-electron chi connectivity index (χ3n) is 6.20. The Labute approximate surface area is 162 Å². The molecule has 1 saturated carbocycles. The minimum atomic E-state index is 0.324. The SMILES string of the molecule is CN=C(NCCN1CCN(C(=O)C2CCC2)CC1)N1CCc2ccccc21. The van der Waals surface area contributed by atoms with Crippen molar-refractivity contribution in [1.29, 1.82) is 0 Å². The fourth-order valence-corrected chi connectivity index (χ4v) is 4.28. The molecule has 0 unspecified atom stereocenters. The number of fused-ring (bicyclic) bond motifs is 1. The number of hydrogen-bond acceptors (Lipinski definition) is 3. The van der Waals surface area contributed by atoms with Gasteiger partial charge in [-0.15, -0.1) is 0 Å². The summed E-state index contributed by atoms with van der Waals surface area (Å²) >= 11 is 0. The van der Waals surface area contributed by atoms with Crippen LogP contribution in [0.25, 0.3) is 0 Å².